The number of rotatable bonds is 3. The minimum Gasteiger partial charge on any atom is -0.389 e. The van der Waals surface area contributed by atoms with Crippen LogP contribution in [-0.2, 0) is 11.4 Å². The van der Waals surface area contributed by atoms with Gasteiger partial charge in [-0.25, -0.2) is 5.06 Å². The number of aryl methyl sites for hydroxylation is 1. The van der Waals surface area contributed by atoms with E-state index in [1.807, 2.05) is 6.92 Å². The van der Waals surface area contributed by atoms with Crippen molar-refractivity contribution in [2.75, 3.05) is 13.2 Å². The number of aliphatic hydroxyl groups is 1. The lowest BCUT2D eigenvalue weighted by Crippen LogP contribution is -2.28. The lowest BCUT2D eigenvalue weighted by Gasteiger charge is -2.13. The molecule has 0 bridgehead atoms. The molecule has 0 spiro atoms. The highest BCUT2D eigenvalue weighted by Gasteiger charge is 2.28. The zero-order valence-electron chi connectivity index (χ0n) is 10.1. The quantitative estimate of drug-likeness (QED) is 0.826. The fourth-order valence-corrected chi connectivity index (χ4v) is 1.84. The van der Waals surface area contributed by atoms with Crippen LogP contribution in [0.25, 0.3) is 0 Å². The molecule has 1 fully saturated rings. The van der Waals surface area contributed by atoms with Crippen LogP contribution in [0.15, 0.2) is 6.20 Å². The Labute approximate surface area is 99.7 Å². The van der Waals surface area contributed by atoms with Gasteiger partial charge in [-0.15, -0.1) is 0 Å². The highest BCUT2D eigenvalue weighted by Crippen LogP contribution is 2.15. The van der Waals surface area contributed by atoms with Crippen LogP contribution in [0.4, 0.5) is 0 Å². The Kier molecular flexibility index (Phi) is 3.44. The monoisotopic (exact) mass is 239 g/mol. The van der Waals surface area contributed by atoms with Crippen LogP contribution in [0.2, 0.25) is 0 Å². The van der Waals surface area contributed by atoms with Gasteiger partial charge in [-0.2, -0.15) is 5.10 Å². The molecule has 1 amide bonds. The third kappa shape index (κ3) is 2.32. The molecule has 1 atom stereocenters. The summed E-state index contributed by atoms with van der Waals surface area (Å²) in [5, 5.41) is 14.7. The maximum Gasteiger partial charge on any atom is 0.280 e. The number of β-amino-alcohol motifs (C(OH)–C–C–N with tert-alkyl or cyclic N) is 1. The molecule has 1 unspecified atom stereocenters. The van der Waals surface area contributed by atoms with Crippen molar-refractivity contribution < 1.29 is 14.7 Å². The SMILES string of the molecule is CCCn1ncc(C(=O)N2CC(O)CO2)c1C. The maximum atomic E-state index is 12.1. The van der Waals surface area contributed by atoms with E-state index >= 15 is 0 Å². The first kappa shape index (κ1) is 12.1. The summed E-state index contributed by atoms with van der Waals surface area (Å²) in [6.45, 7) is 5.11. The molecule has 0 saturated carbocycles. The van der Waals surface area contributed by atoms with Gasteiger partial charge in [0, 0.05) is 12.2 Å². The summed E-state index contributed by atoms with van der Waals surface area (Å²) in [5.41, 5.74) is 1.37. The molecular weight excluding hydrogens is 222 g/mol. The molecule has 2 heterocycles. The second-order valence-electron chi connectivity index (χ2n) is 4.18. The lowest BCUT2D eigenvalue weighted by atomic mass is 10.2. The summed E-state index contributed by atoms with van der Waals surface area (Å²) < 4.78 is 1.81. The highest BCUT2D eigenvalue weighted by atomic mass is 16.7. The standard InChI is InChI=1S/C11H17N3O3/c1-3-4-13-8(2)10(5-12-13)11(16)14-6-9(15)7-17-14/h5,9,15H,3-4,6-7H2,1-2H3. The van der Waals surface area contributed by atoms with E-state index in [0.29, 0.717) is 5.56 Å². The van der Waals surface area contributed by atoms with Gasteiger partial charge >= 0.3 is 0 Å². The van der Waals surface area contributed by atoms with Crippen molar-refractivity contribution in [3.8, 4) is 0 Å². The van der Waals surface area contributed by atoms with Crippen molar-refractivity contribution in [3.63, 3.8) is 0 Å². The Bertz CT molecular complexity index is 416. The van der Waals surface area contributed by atoms with Gasteiger partial charge in [0.15, 0.2) is 0 Å². The number of carbonyl (C=O) groups excluding carboxylic acids is 1. The number of hydrogen-bond donors (Lipinski definition) is 1. The Balaban J connectivity index is 2.14. The van der Waals surface area contributed by atoms with Crippen LogP contribution in [0.1, 0.15) is 29.4 Å². The fourth-order valence-electron chi connectivity index (χ4n) is 1.84. The van der Waals surface area contributed by atoms with Crippen molar-refractivity contribution in [1.29, 1.82) is 0 Å². The third-order valence-electron chi connectivity index (χ3n) is 2.79. The van der Waals surface area contributed by atoms with E-state index in [9.17, 15) is 9.90 Å². The van der Waals surface area contributed by atoms with E-state index in [2.05, 4.69) is 12.0 Å². The summed E-state index contributed by atoms with van der Waals surface area (Å²) in [5.74, 6) is -0.235. The van der Waals surface area contributed by atoms with E-state index in [0.717, 1.165) is 18.7 Å². The predicted molar refractivity (Wildman–Crippen MR) is 60.3 cm³/mol. The molecule has 1 aromatic heterocycles. The number of amides is 1. The highest BCUT2D eigenvalue weighted by molar-refractivity contribution is 5.94. The summed E-state index contributed by atoms with van der Waals surface area (Å²) in [7, 11) is 0. The van der Waals surface area contributed by atoms with Gasteiger partial charge in [0.2, 0.25) is 0 Å². The van der Waals surface area contributed by atoms with E-state index in [4.69, 9.17) is 4.84 Å². The second-order valence-corrected chi connectivity index (χ2v) is 4.18. The van der Waals surface area contributed by atoms with Crippen LogP contribution < -0.4 is 0 Å². The number of carbonyl (C=O) groups is 1. The fraction of sp³-hybridized carbons (Fsp3) is 0.636. The van der Waals surface area contributed by atoms with Gasteiger partial charge in [-0.05, 0) is 13.3 Å². The first-order valence-corrected chi connectivity index (χ1v) is 5.78. The minimum atomic E-state index is -0.593. The van der Waals surface area contributed by atoms with Crippen LogP contribution in [0, 0.1) is 6.92 Å². The van der Waals surface area contributed by atoms with E-state index in [-0.39, 0.29) is 19.1 Å². The van der Waals surface area contributed by atoms with Crippen LogP contribution in [0.5, 0.6) is 0 Å². The zero-order valence-corrected chi connectivity index (χ0v) is 10.1. The molecule has 0 aromatic carbocycles. The van der Waals surface area contributed by atoms with Gasteiger partial charge in [0.25, 0.3) is 5.91 Å². The van der Waals surface area contributed by atoms with E-state index < -0.39 is 6.10 Å². The summed E-state index contributed by atoms with van der Waals surface area (Å²) in [4.78, 5) is 17.2. The van der Waals surface area contributed by atoms with Crippen molar-refractivity contribution in [3.05, 3.63) is 17.5 Å². The molecule has 1 saturated heterocycles. The molecule has 6 heteroatoms. The third-order valence-corrected chi connectivity index (χ3v) is 2.79. The smallest absolute Gasteiger partial charge is 0.280 e. The number of hydroxylamine groups is 2. The topological polar surface area (TPSA) is 67.6 Å². The zero-order chi connectivity index (χ0) is 12.4. The van der Waals surface area contributed by atoms with Crippen molar-refractivity contribution in [1.82, 2.24) is 14.8 Å². The first-order valence-electron chi connectivity index (χ1n) is 5.78. The van der Waals surface area contributed by atoms with Gasteiger partial charge < -0.3 is 5.11 Å². The Morgan fingerprint density at radius 1 is 1.71 bits per heavy atom. The minimum absolute atomic E-state index is 0.174. The van der Waals surface area contributed by atoms with Gasteiger partial charge in [0.1, 0.15) is 12.7 Å². The summed E-state index contributed by atoms with van der Waals surface area (Å²) in [6.07, 6.45) is 1.93. The summed E-state index contributed by atoms with van der Waals surface area (Å²) in [6, 6.07) is 0. The van der Waals surface area contributed by atoms with Crippen molar-refractivity contribution >= 4 is 5.91 Å². The maximum absolute atomic E-state index is 12.1. The molecule has 2 rings (SSSR count). The Hall–Kier alpha value is -1.40. The molecule has 1 aromatic rings. The molecule has 1 aliphatic rings. The predicted octanol–water partition coefficient (Wildman–Crippen LogP) is 0.350. The average molecular weight is 239 g/mol. The van der Waals surface area contributed by atoms with Crippen LogP contribution in [0.3, 0.4) is 0 Å². The molecule has 1 aliphatic heterocycles. The number of hydrogen-bond acceptors (Lipinski definition) is 4. The van der Waals surface area contributed by atoms with E-state index in [1.54, 1.807) is 10.9 Å². The van der Waals surface area contributed by atoms with E-state index in [1.165, 1.54) is 5.06 Å². The molecule has 0 aliphatic carbocycles. The van der Waals surface area contributed by atoms with Crippen molar-refractivity contribution in [2.24, 2.45) is 0 Å². The van der Waals surface area contributed by atoms with Crippen molar-refractivity contribution in [2.45, 2.75) is 32.9 Å². The first-order chi connectivity index (χ1) is 8.13. The Morgan fingerprint density at radius 2 is 2.47 bits per heavy atom. The molecule has 6 nitrogen and oxygen atoms in total. The second kappa shape index (κ2) is 4.85. The average Bonchev–Trinajstić information content (AvgIpc) is 2.87. The summed E-state index contributed by atoms with van der Waals surface area (Å²) >= 11 is 0. The molecule has 1 N–H and O–H groups in total. The van der Waals surface area contributed by atoms with Crippen LogP contribution >= 0.6 is 0 Å². The van der Waals surface area contributed by atoms with Gasteiger partial charge in [0.05, 0.1) is 18.3 Å². The van der Waals surface area contributed by atoms with Crippen LogP contribution in [-0.4, -0.2) is 45.1 Å². The normalized spacial score (nSPS) is 19.9. The number of aliphatic hydroxyl groups excluding tert-OH is 1. The molecule has 17 heavy (non-hydrogen) atoms. The largest absolute Gasteiger partial charge is 0.389 e. The molecular formula is C11H17N3O3. The Morgan fingerprint density at radius 3 is 3.06 bits per heavy atom. The lowest BCUT2D eigenvalue weighted by molar-refractivity contribution is -0.0780. The number of nitrogens with zero attached hydrogens (tertiary/aromatic N) is 3. The number of aromatic nitrogens is 2. The molecule has 0 radical (unpaired) electrons. The molecule has 94 valence electrons. The van der Waals surface area contributed by atoms with Gasteiger partial charge in [-0.1, -0.05) is 6.92 Å². The van der Waals surface area contributed by atoms with Gasteiger partial charge in [-0.3, -0.25) is 14.3 Å².